The van der Waals surface area contributed by atoms with Crippen LogP contribution in [0.15, 0.2) is 66.9 Å². The number of likely N-dealkylation sites (N-methyl/N-ethyl adjacent to an activating group) is 1. The minimum atomic E-state index is -0.373. The van der Waals surface area contributed by atoms with Crippen molar-refractivity contribution in [3.05, 3.63) is 72.4 Å². The quantitative estimate of drug-likeness (QED) is 0.233. The molecule has 0 fully saturated rings. The zero-order chi connectivity index (χ0) is 28.0. The number of hydrogen-bond donors (Lipinski definition) is 3. The topological polar surface area (TPSA) is 101 Å². The van der Waals surface area contributed by atoms with Gasteiger partial charge in [-0.1, -0.05) is 51.1 Å². The summed E-state index contributed by atoms with van der Waals surface area (Å²) in [5, 5.41) is 10.8. The van der Waals surface area contributed by atoms with E-state index in [0.717, 1.165) is 22.9 Å². The summed E-state index contributed by atoms with van der Waals surface area (Å²) < 4.78 is 11.6. The SMILES string of the molecule is COc1ccc(C(C)(C)C)cc1NC(=O)Nc1ccc(Oc2ccnc(NCCN(C)C)n2)c2ccccc12. The average molecular weight is 529 g/mol. The molecule has 0 unspecified atom stereocenters. The number of anilines is 3. The number of nitrogens with one attached hydrogen (secondary N) is 3. The van der Waals surface area contributed by atoms with E-state index in [1.807, 2.05) is 68.7 Å². The van der Waals surface area contributed by atoms with Gasteiger partial charge in [-0.05, 0) is 49.3 Å². The monoisotopic (exact) mass is 528 g/mol. The zero-order valence-corrected chi connectivity index (χ0v) is 23.3. The highest BCUT2D eigenvalue weighted by Crippen LogP contribution is 2.35. The summed E-state index contributed by atoms with van der Waals surface area (Å²) in [7, 11) is 5.61. The fourth-order valence-electron chi connectivity index (χ4n) is 4.01. The van der Waals surface area contributed by atoms with Gasteiger partial charge in [-0.15, -0.1) is 0 Å². The van der Waals surface area contributed by atoms with Crippen molar-refractivity contribution >= 4 is 34.1 Å². The predicted octanol–water partition coefficient (Wildman–Crippen LogP) is 6.35. The Bertz CT molecular complexity index is 1450. The van der Waals surface area contributed by atoms with E-state index in [-0.39, 0.29) is 11.4 Å². The van der Waals surface area contributed by atoms with Gasteiger partial charge in [0.05, 0.1) is 18.5 Å². The Labute approximate surface area is 229 Å². The van der Waals surface area contributed by atoms with Gasteiger partial charge >= 0.3 is 6.03 Å². The molecule has 1 heterocycles. The number of hydrogen-bond acceptors (Lipinski definition) is 7. The van der Waals surface area contributed by atoms with Crippen molar-refractivity contribution in [2.75, 3.05) is 50.2 Å². The molecule has 0 spiro atoms. The maximum absolute atomic E-state index is 13.1. The summed E-state index contributed by atoms with van der Waals surface area (Å²) in [5.41, 5.74) is 2.27. The van der Waals surface area contributed by atoms with Crippen LogP contribution in [0, 0.1) is 0 Å². The highest BCUT2D eigenvalue weighted by Gasteiger charge is 2.18. The maximum atomic E-state index is 13.1. The summed E-state index contributed by atoms with van der Waals surface area (Å²) in [5.74, 6) is 2.13. The molecule has 1 aromatic heterocycles. The molecule has 3 aromatic carbocycles. The van der Waals surface area contributed by atoms with Gasteiger partial charge in [-0.25, -0.2) is 9.78 Å². The van der Waals surface area contributed by atoms with Crippen LogP contribution in [0.5, 0.6) is 17.4 Å². The second kappa shape index (κ2) is 12.0. The first-order valence-corrected chi connectivity index (χ1v) is 12.8. The van der Waals surface area contributed by atoms with Crippen molar-refractivity contribution in [1.82, 2.24) is 14.9 Å². The van der Waals surface area contributed by atoms with Gasteiger partial charge in [-0.2, -0.15) is 4.98 Å². The van der Waals surface area contributed by atoms with Gasteiger partial charge < -0.3 is 30.3 Å². The molecule has 39 heavy (non-hydrogen) atoms. The van der Waals surface area contributed by atoms with Crippen LogP contribution in [0.4, 0.5) is 22.1 Å². The van der Waals surface area contributed by atoms with Gasteiger partial charge in [0, 0.05) is 36.1 Å². The van der Waals surface area contributed by atoms with Crippen molar-refractivity contribution in [3.8, 4) is 17.4 Å². The van der Waals surface area contributed by atoms with Gasteiger partial charge in [0.1, 0.15) is 11.5 Å². The summed E-state index contributed by atoms with van der Waals surface area (Å²) in [4.78, 5) is 23.9. The molecule has 204 valence electrons. The molecular formula is C30H36N6O3. The van der Waals surface area contributed by atoms with E-state index in [2.05, 4.69) is 51.6 Å². The predicted molar refractivity (Wildman–Crippen MR) is 157 cm³/mol. The molecule has 4 rings (SSSR count). The third kappa shape index (κ3) is 7.14. The number of aromatic nitrogens is 2. The largest absolute Gasteiger partial charge is 0.495 e. The standard InChI is InChI=1S/C30H36N6O3/c1-30(2,3)20-11-13-26(38-6)24(19-20)34-29(37)33-23-12-14-25(22-10-8-7-9-21(22)23)39-27-15-16-31-28(35-27)32-17-18-36(4)5/h7-16,19H,17-18H2,1-6H3,(H,31,32,35)(H2,33,34,37). The van der Waals surface area contributed by atoms with Crippen molar-refractivity contribution in [1.29, 1.82) is 0 Å². The molecule has 0 saturated carbocycles. The lowest BCUT2D eigenvalue weighted by molar-refractivity contribution is 0.262. The van der Waals surface area contributed by atoms with E-state index in [1.165, 1.54) is 0 Å². The van der Waals surface area contributed by atoms with Crippen LogP contribution in [0.25, 0.3) is 10.8 Å². The number of ether oxygens (including phenoxy) is 2. The number of fused-ring (bicyclic) bond motifs is 1. The van der Waals surface area contributed by atoms with Gasteiger partial charge in [-0.3, -0.25) is 0 Å². The normalized spacial score (nSPS) is 11.4. The maximum Gasteiger partial charge on any atom is 0.323 e. The number of carbonyl (C=O) groups excluding carboxylic acids is 1. The van der Waals surface area contributed by atoms with Gasteiger partial charge in [0.2, 0.25) is 11.8 Å². The molecule has 2 amide bonds. The van der Waals surface area contributed by atoms with Crippen LogP contribution in [-0.4, -0.2) is 55.2 Å². The van der Waals surface area contributed by atoms with E-state index in [9.17, 15) is 4.79 Å². The smallest absolute Gasteiger partial charge is 0.323 e. The molecule has 0 saturated heterocycles. The number of nitrogens with zero attached hydrogens (tertiary/aromatic N) is 3. The van der Waals surface area contributed by atoms with Crippen molar-refractivity contribution in [2.24, 2.45) is 0 Å². The molecule has 0 aliphatic heterocycles. The Kier molecular flexibility index (Phi) is 8.51. The average Bonchev–Trinajstić information content (AvgIpc) is 2.89. The molecule has 0 atom stereocenters. The Morgan fingerprint density at radius 1 is 0.923 bits per heavy atom. The fourth-order valence-corrected chi connectivity index (χ4v) is 4.01. The highest BCUT2D eigenvalue weighted by molar-refractivity contribution is 6.08. The van der Waals surface area contributed by atoms with Crippen molar-refractivity contribution in [3.63, 3.8) is 0 Å². The van der Waals surface area contributed by atoms with Crippen molar-refractivity contribution in [2.45, 2.75) is 26.2 Å². The Balaban J connectivity index is 1.53. The number of urea groups is 1. The van der Waals surface area contributed by atoms with Crippen LogP contribution >= 0.6 is 0 Å². The van der Waals surface area contributed by atoms with E-state index < -0.39 is 0 Å². The number of amides is 2. The van der Waals surface area contributed by atoms with Crippen LogP contribution < -0.4 is 25.4 Å². The Hall–Kier alpha value is -4.37. The minimum absolute atomic E-state index is 0.0715. The molecule has 9 nitrogen and oxygen atoms in total. The van der Waals surface area contributed by atoms with Crippen LogP contribution in [0.3, 0.4) is 0 Å². The van der Waals surface area contributed by atoms with E-state index >= 15 is 0 Å². The lowest BCUT2D eigenvalue weighted by Crippen LogP contribution is -2.21. The molecule has 9 heteroatoms. The zero-order valence-electron chi connectivity index (χ0n) is 23.3. The molecule has 3 N–H and O–H groups in total. The molecule has 4 aromatic rings. The number of methoxy groups -OCH3 is 1. The number of rotatable bonds is 9. The van der Waals surface area contributed by atoms with Crippen LogP contribution in [0.1, 0.15) is 26.3 Å². The lowest BCUT2D eigenvalue weighted by atomic mass is 9.87. The lowest BCUT2D eigenvalue weighted by Gasteiger charge is -2.21. The summed E-state index contributed by atoms with van der Waals surface area (Å²) in [6, 6.07) is 18.5. The third-order valence-corrected chi connectivity index (χ3v) is 6.13. The third-order valence-electron chi connectivity index (χ3n) is 6.13. The second-order valence-corrected chi connectivity index (χ2v) is 10.5. The first-order valence-electron chi connectivity index (χ1n) is 12.8. The second-order valence-electron chi connectivity index (χ2n) is 10.5. The molecule has 0 bridgehead atoms. The first kappa shape index (κ1) is 27.7. The van der Waals surface area contributed by atoms with E-state index in [0.29, 0.717) is 41.2 Å². The summed E-state index contributed by atoms with van der Waals surface area (Å²) >= 11 is 0. The number of benzene rings is 3. The molecule has 0 radical (unpaired) electrons. The van der Waals surface area contributed by atoms with Gasteiger partial charge in [0.15, 0.2) is 0 Å². The van der Waals surface area contributed by atoms with E-state index in [4.69, 9.17) is 9.47 Å². The molecular weight excluding hydrogens is 492 g/mol. The molecule has 0 aliphatic rings. The summed E-state index contributed by atoms with van der Waals surface area (Å²) in [6.07, 6.45) is 1.66. The fraction of sp³-hybridized carbons (Fsp3) is 0.300. The van der Waals surface area contributed by atoms with Crippen LogP contribution in [0.2, 0.25) is 0 Å². The van der Waals surface area contributed by atoms with Gasteiger partial charge in [0.25, 0.3) is 0 Å². The Morgan fingerprint density at radius 3 is 2.36 bits per heavy atom. The summed E-state index contributed by atoms with van der Waals surface area (Å²) in [6.45, 7) is 7.94. The first-order chi connectivity index (χ1) is 18.6. The van der Waals surface area contributed by atoms with Crippen molar-refractivity contribution < 1.29 is 14.3 Å². The Morgan fingerprint density at radius 2 is 1.64 bits per heavy atom. The molecule has 0 aliphatic carbocycles. The highest BCUT2D eigenvalue weighted by atomic mass is 16.5. The number of carbonyl (C=O) groups is 1. The van der Waals surface area contributed by atoms with Crippen LogP contribution in [-0.2, 0) is 5.41 Å². The van der Waals surface area contributed by atoms with E-state index in [1.54, 1.807) is 19.4 Å². The minimum Gasteiger partial charge on any atom is -0.495 e.